The van der Waals surface area contributed by atoms with Crippen LogP contribution in [0, 0.1) is 6.92 Å². The normalized spacial score (nSPS) is 10.4. The lowest BCUT2D eigenvalue weighted by Gasteiger charge is -2.05. The Morgan fingerprint density at radius 3 is 2.58 bits per heavy atom. The fraction of sp³-hybridized carbons (Fsp3) is 0.267. The summed E-state index contributed by atoms with van der Waals surface area (Å²) in [7, 11) is 0. The highest BCUT2D eigenvalue weighted by atomic mass is 16.3. The van der Waals surface area contributed by atoms with Gasteiger partial charge in [-0.2, -0.15) is 0 Å². The van der Waals surface area contributed by atoms with Crippen molar-refractivity contribution in [2.24, 2.45) is 0 Å². The molecule has 0 unspecified atom stereocenters. The molecule has 0 aliphatic carbocycles. The molecule has 100 valence electrons. The number of carbonyl (C=O) groups is 1. The summed E-state index contributed by atoms with van der Waals surface area (Å²) in [5.41, 5.74) is 0.684. The third-order valence-corrected chi connectivity index (χ3v) is 2.72. The Hall–Kier alpha value is -2.07. The van der Waals surface area contributed by atoms with Gasteiger partial charge in [0.15, 0.2) is 0 Å². The molecule has 0 spiro atoms. The van der Waals surface area contributed by atoms with Crippen LogP contribution < -0.4 is 10.6 Å². The van der Waals surface area contributed by atoms with Crippen LogP contribution in [0.2, 0.25) is 0 Å². The Balaban J connectivity index is 1.63. The van der Waals surface area contributed by atoms with Gasteiger partial charge in [-0.15, -0.1) is 0 Å². The number of benzene rings is 1. The van der Waals surface area contributed by atoms with E-state index < -0.39 is 0 Å². The molecule has 0 saturated heterocycles. The van der Waals surface area contributed by atoms with Gasteiger partial charge in [-0.05, 0) is 31.2 Å². The van der Waals surface area contributed by atoms with E-state index in [1.165, 1.54) is 0 Å². The third kappa shape index (κ3) is 4.26. The van der Waals surface area contributed by atoms with E-state index in [-0.39, 0.29) is 5.91 Å². The second kappa shape index (κ2) is 6.75. The van der Waals surface area contributed by atoms with Crippen LogP contribution in [0.3, 0.4) is 0 Å². The number of hydrogen-bond acceptors (Lipinski definition) is 3. The van der Waals surface area contributed by atoms with E-state index in [0.29, 0.717) is 25.2 Å². The van der Waals surface area contributed by atoms with Crippen LogP contribution in [-0.4, -0.2) is 19.0 Å². The van der Waals surface area contributed by atoms with Crippen molar-refractivity contribution in [1.82, 2.24) is 10.6 Å². The van der Waals surface area contributed by atoms with Gasteiger partial charge >= 0.3 is 0 Å². The summed E-state index contributed by atoms with van der Waals surface area (Å²) in [5.74, 6) is 1.78. The predicted octanol–water partition coefficient (Wildman–Crippen LogP) is 2.11. The molecule has 19 heavy (non-hydrogen) atoms. The van der Waals surface area contributed by atoms with E-state index in [9.17, 15) is 4.79 Å². The summed E-state index contributed by atoms with van der Waals surface area (Å²) in [6, 6.07) is 13.1. The zero-order valence-electron chi connectivity index (χ0n) is 11.0. The summed E-state index contributed by atoms with van der Waals surface area (Å²) in [6.07, 6.45) is 0. The zero-order chi connectivity index (χ0) is 13.5. The first kappa shape index (κ1) is 13.4. The molecular weight excluding hydrogens is 240 g/mol. The van der Waals surface area contributed by atoms with Crippen LogP contribution in [0.15, 0.2) is 46.9 Å². The maximum Gasteiger partial charge on any atom is 0.251 e. The van der Waals surface area contributed by atoms with Crippen LogP contribution in [0.1, 0.15) is 21.9 Å². The summed E-state index contributed by atoms with van der Waals surface area (Å²) in [5, 5.41) is 6.07. The minimum absolute atomic E-state index is 0.0451. The topological polar surface area (TPSA) is 54.3 Å². The minimum atomic E-state index is -0.0451. The molecule has 0 aliphatic rings. The molecule has 0 fully saturated rings. The van der Waals surface area contributed by atoms with Gasteiger partial charge in [0.05, 0.1) is 6.54 Å². The molecule has 1 amide bonds. The summed E-state index contributed by atoms with van der Waals surface area (Å²) >= 11 is 0. The standard InChI is InChI=1S/C15H18N2O2/c1-12-7-8-14(19-12)11-16-9-10-17-15(18)13-5-3-2-4-6-13/h2-8,16H,9-11H2,1H3,(H,17,18). The molecule has 1 aromatic heterocycles. The average molecular weight is 258 g/mol. The molecule has 1 aromatic carbocycles. The molecule has 2 N–H and O–H groups in total. The van der Waals surface area contributed by atoms with E-state index in [0.717, 1.165) is 11.5 Å². The first-order chi connectivity index (χ1) is 9.25. The monoisotopic (exact) mass is 258 g/mol. The molecule has 0 saturated carbocycles. The van der Waals surface area contributed by atoms with Crippen molar-refractivity contribution in [2.45, 2.75) is 13.5 Å². The Morgan fingerprint density at radius 1 is 1.11 bits per heavy atom. The second-order valence-electron chi connectivity index (χ2n) is 4.31. The fourth-order valence-electron chi connectivity index (χ4n) is 1.75. The average Bonchev–Trinajstić information content (AvgIpc) is 2.85. The highest BCUT2D eigenvalue weighted by Crippen LogP contribution is 2.04. The number of hydrogen-bond donors (Lipinski definition) is 2. The summed E-state index contributed by atoms with van der Waals surface area (Å²) in [4.78, 5) is 11.7. The molecule has 2 rings (SSSR count). The SMILES string of the molecule is Cc1ccc(CNCCNC(=O)c2ccccc2)o1. The van der Waals surface area contributed by atoms with E-state index in [4.69, 9.17) is 4.42 Å². The lowest BCUT2D eigenvalue weighted by atomic mass is 10.2. The van der Waals surface area contributed by atoms with Crippen LogP contribution >= 0.6 is 0 Å². The summed E-state index contributed by atoms with van der Waals surface area (Å²) in [6.45, 7) is 3.89. The van der Waals surface area contributed by atoms with Crippen molar-refractivity contribution >= 4 is 5.91 Å². The largest absolute Gasteiger partial charge is 0.465 e. The van der Waals surface area contributed by atoms with Crippen molar-refractivity contribution < 1.29 is 9.21 Å². The van der Waals surface area contributed by atoms with Crippen molar-refractivity contribution in [2.75, 3.05) is 13.1 Å². The van der Waals surface area contributed by atoms with E-state index in [1.807, 2.05) is 37.3 Å². The highest BCUT2D eigenvalue weighted by Gasteiger charge is 2.02. The number of carbonyl (C=O) groups excluding carboxylic acids is 1. The number of nitrogens with one attached hydrogen (secondary N) is 2. The van der Waals surface area contributed by atoms with Gasteiger partial charge in [-0.25, -0.2) is 0 Å². The molecule has 0 radical (unpaired) electrons. The van der Waals surface area contributed by atoms with Gasteiger partial charge in [0.2, 0.25) is 0 Å². The Kier molecular flexibility index (Phi) is 4.75. The molecule has 0 aliphatic heterocycles. The van der Waals surface area contributed by atoms with Gasteiger partial charge in [-0.1, -0.05) is 18.2 Å². The number of aryl methyl sites for hydroxylation is 1. The molecular formula is C15H18N2O2. The van der Waals surface area contributed by atoms with Crippen LogP contribution in [0.5, 0.6) is 0 Å². The second-order valence-corrected chi connectivity index (χ2v) is 4.31. The lowest BCUT2D eigenvalue weighted by molar-refractivity contribution is 0.0954. The number of rotatable bonds is 6. The van der Waals surface area contributed by atoms with Crippen molar-refractivity contribution in [1.29, 1.82) is 0 Å². The predicted molar refractivity (Wildman–Crippen MR) is 73.9 cm³/mol. The first-order valence-corrected chi connectivity index (χ1v) is 6.35. The molecule has 4 nitrogen and oxygen atoms in total. The quantitative estimate of drug-likeness (QED) is 0.780. The number of furan rings is 1. The van der Waals surface area contributed by atoms with Crippen LogP contribution in [0.25, 0.3) is 0 Å². The first-order valence-electron chi connectivity index (χ1n) is 6.35. The Labute approximate surface area is 112 Å². The maximum absolute atomic E-state index is 11.7. The van der Waals surface area contributed by atoms with E-state index in [2.05, 4.69) is 10.6 Å². The van der Waals surface area contributed by atoms with E-state index in [1.54, 1.807) is 12.1 Å². The smallest absolute Gasteiger partial charge is 0.251 e. The van der Waals surface area contributed by atoms with Crippen molar-refractivity contribution in [3.8, 4) is 0 Å². The molecule has 2 aromatic rings. The molecule has 0 atom stereocenters. The molecule has 1 heterocycles. The fourth-order valence-corrected chi connectivity index (χ4v) is 1.75. The van der Waals surface area contributed by atoms with Gasteiger partial charge in [-0.3, -0.25) is 4.79 Å². The summed E-state index contributed by atoms with van der Waals surface area (Å²) < 4.78 is 5.43. The van der Waals surface area contributed by atoms with Gasteiger partial charge in [0.25, 0.3) is 5.91 Å². The minimum Gasteiger partial charge on any atom is -0.465 e. The number of amides is 1. The molecule has 4 heteroatoms. The van der Waals surface area contributed by atoms with Gasteiger partial charge < -0.3 is 15.1 Å². The van der Waals surface area contributed by atoms with Crippen LogP contribution in [-0.2, 0) is 6.54 Å². The highest BCUT2D eigenvalue weighted by molar-refractivity contribution is 5.94. The zero-order valence-corrected chi connectivity index (χ0v) is 11.0. The van der Waals surface area contributed by atoms with Crippen molar-refractivity contribution in [3.63, 3.8) is 0 Å². The van der Waals surface area contributed by atoms with Crippen molar-refractivity contribution in [3.05, 3.63) is 59.5 Å². The molecule has 0 bridgehead atoms. The van der Waals surface area contributed by atoms with E-state index >= 15 is 0 Å². The third-order valence-electron chi connectivity index (χ3n) is 2.72. The van der Waals surface area contributed by atoms with Gasteiger partial charge in [0, 0.05) is 18.7 Å². The van der Waals surface area contributed by atoms with Gasteiger partial charge in [0.1, 0.15) is 11.5 Å². The van der Waals surface area contributed by atoms with Crippen LogP contribution in [0.4, 0.5) is 0 Å². The lowest BCUT2D eigenvalue weighted by Crippen LogP contribution is -2.31. The maximum atomic E-state index is 11.7. The Bertz CT molecular complexity index is 520. The Morgan fingerprint density at radius 2 is 1.89 bits per heavy atom.